The van der Waals surface area contributed by atoms with Gasteiger partial charge in [-0.25, -0.2) is 0 Å². The van der Waals surface area contributed by atoms with E-state index in [-0.39, 0.29) is 0 Å². The van der Waals surface area contributed by atoms with Crippen molar-refractivity contribution in [3.8, 4) is 0 Å². The SMILES string of the molecule is CCCc1ccc(C(NN)C2CCCC2C)cc1. The third-order valence-corrected chi connectivity index (χ3v) is 4.41. The van der Waals surface area contributed by atoms with Gasteiger partial charge in [0.15, 0.2) is 0 Å². The summed E-state index contributed by atoms with van der Waals surface area (Å²) in [6.45, 7) is 4.58. The van der Waals surface area contributed by atoms with Gasteiger partial charge in [-0.05, 0) is 35.8 Å². The van der Waals surface area contributed by atoms with Crippen LogP contribution in [0.3, 0.4) is 0 Å². The second-order valence-corrected chi connectivity index (χ2v) is 5.71. The zero-order valence-corrected chi connectivity index (χ0v) is 11.7. The number of aryl methyl sites for hydroxylation is 1. The molecule has 3 N–H and O–H groups in total. The van der Waals surface area contributed by atoms with E-state index in [0.29, 0.717) is 12.0 Å². The van der Waals surface area contributed by atoms with Gasteiger partial charge in [0.1, 0.15) is 0 Å². The minimum Gasteiger partial charge on any atom is -0.271 e. The summed E-state index contributed by atoms with van der Waals surface area (Å²) in [5.74, 6) is 7.26. The Morgan fingerprint density at radius 2 is 2.00 bits per heavy atom. The van der Waals surface area contributed by atoms with Crippen LogP contribution in [0, 0.1) is 11.8 Å². The van der Waals surface area contributed by atoms with E-state index in [0.717, 1.165) is 5.92 Å². The molecule has 1 aliphatic rings. The van der Waals surface area contributed by atoms with Crippen molar-refractivity contribution in [3.63, 3.8) is 0 Å². The maximum atomic E-state index is 5.79. The normalized spacial score (nSPS) is 25.3. The van der Waals surface area contributed by atoms with Gasteiger partial charge in [-0.15, -0.1) is 0 Å². The van der Waals surface area contributed by atoms with E-state index in [4.69, 9.17) is 5.84 Å². The summed E-state index contributed by atoms with van der Waals surface area (Å²) in [5.41, 5.74) is 5.81. The van der Waals surface area contributed by atoms with Crippen molar-refractivity contribution in [2.45, 2.75) is 52.0 Å². The summed E-state index contributed by atoms with van der Waals surface area (Å²) in [6.07, 6.45) is 6.36. The molecule has 0 radical (unpaired) electrons. The molecule has 1 aromatic rings. The monoisotopic (exact) mass is 246 g/mol. The Bertz CT molecular complexity index is 358. The number of hydrogen-bond donors (Lipinski definition) is 2. The second-order valence-electron chi connectivity index (χ2n) is 5.71. The first-order valence-corrected chi connectivity index (χ1v) is 7.31. The Labute approximate surface area is 111 Å². The smallest absolute Gasteiger partial charge is 0.0490 e. The highest BCUT2D eigenvalue weighted by Gasteiger charge is 2.31. The van der Waals surface area contributed by atoms with Crippen LogP contribution in [0.2, 0.25) is 0 Å². The zero-order chi connectivity index (χ0) is 13.0. The van der Waals surface area contributed by atoms with Crippen molar-refractivity contribution >= 4 is 0 Å². The molecule has 2 heteroatoms. The molecule has 3 atom stereocenters. The van der Waals surface area contributed by atoms with E-state index < -0.39 is 0 Å². The minimum atomic E-state index is 0.318. The van der Waals surface area contributed by atoms with Crippen LogP contribution in [0.1, 0.15) is 56.7 Å². The molecule has 0 bridgehead atoms. The highest BCUT2D eigenvalue weighted by Crippen LogP contribution is 2.39. The van der Waals surface area contributed by atoms with Crippen molar-refractivity contribution in [2.75, 3.05) is 0 Å². The molecule has 1 aromatic carbocycles. The van der Waals surface area contributed by atoms with E-state index in [1.165, 1.54) is 43.2 Å². The molecule has 2 rings (SSSR count). The zero-order valence-electron chi connectivity index (χ0n) is 11.7. The van der Waals surface area contributed by atoms with Crippen LogP contribution in [-0.2, 0) is 6.42 Å². The lowest BCUT2D eigenvalue weighted by molar-refractivity contribution is 0.304. The quantitative estimate of drug-likeness (QED) is 0.615. The summed E-state index contributed by atoms with van der Waals surface area (Å²) < 4.78 is 0. The van der Waals surface area contributed by atoms with E-state index >= 15 is 0 Å². The molecular formula is C16H26N2. The number of rotatable bonds is 5. The van der Waals surface area contributed by atoms with Gasteiger partial charge in [-0.3, -0.25) is 11.3 Å². The summed E-state index contributed by atoms with van der Waals surface area (Å²) in [6, 6.07) is 9.32. The molecule has 18 heavy (non-hydrogen) atoms. The van der Waals surface area contributed by atoms with Crippen molar-refractivity contribution in [2.24, 2.45) is 17.7 Å². The Hall–Kier alpha value is -0.860. The number of benzene rings is 1. The van der Waals surface area contributed by atoms with Gasteiger partial charge in [0.25, 0.3) is 0 Å². The summed E-state index contributed by atoms with van der Waals surface area (Å²) in [4.78, 5) is 0. The molecule has 0 saturated heterocycles. The summed E-state index contributed by atoms with van der Waals surface area (Å²) in [5, 5.41) is 0. The average molecular weight is 246 g/mol. The molecule has 0 aliphatic heterocycles. The fourth-order valence-corrected chi connectivity index (χ4v) is 3.32. The van der Waals surface area contributed by atoms with E-state index in [1.54, 1.807) is 0 Å². The van der Waals surface area contributed by atoms with Crippen molar-refractivity contribution < 1.29 is 0 Å². The van der Waals surface area contributed by atoms with Crippen molar-refractivity contribution in [1.82, 2.24) is 5.43 Å². The van der Waals surface area contributed by atoms with Gasteiger partial charge >= 0.3 is 0 Å². The maximum Gasteiger partial charge on any atom is 0.0490 e. The predicted octanol–water partition coefficient (Wildman–Crippen LogP) is 3.58. The summed E-state index contributed by atoms with van der Waals surface area (Å²) >= 11 is 0. The first kappa shape index (κ1) is 13.6. The molecule has 100 valence electrons. The number of hydrogen-bond acceptors (Lipinski definition) is 2. The molecule has 1 aliphatic carbocycles. The van der Waals surface area contributed by atoms with Crippen LogP contribution in [-0.4, -0.2) is 0 Å². The van der Waals surface area contributed by atoms with Gasteiger partial charge in [-0.1, -0.05) is 57.4 Å². The molecule has 0 aromatic heterocycles. The van der Waals surface area contributed by atoms with E-state index in [2.05, 4.69) is 43.5 Å². The first-order valence-electron chi connectivity index (χ1n) is 7.31. The molecule has 1 saturated carbocycles. The average Bonchev–Trinajstić information content (AvgIpc) is 2.79. The van der Waals surface area contributed by atoms with Crippen LogP contribution in [0.15, 0.2) is 24.3 Å². The van der Waals surface area contributed by atoms with Crippen LogP contribution >= 0.6 is 0 Å². The number of nitrogens with one attached hydrogen (secondary N) is 1. The van der Waals surface area contributed by atoms with Gasteiger partial charge in [0, 0.05) is 6.04 Å². The Balaban J connectivity index is 2.11. The standard InChI is InChI=1S/C16H26N2/c1-3-5-13-8-10-14(11-9-13)16(18-17)15-7-4-6-12(15)2/h8-12,15-16,18H,3-7,17H2,1-2H3. The van der Waals surface area contributed by atoms with E-state index in [9.17, 15) is 0 Å². The number of nitrogens with two attached hydrogens (primary N) is 1. The molecule has 3 unspecified atom stereocenters. The van der Waals surface area contributed by atoms with Crippen LogP contribution in [0.4, 0.5) is 0 Å². The lowest BCUT2D eigenvalue weighted by Crippen LogP contribution is -2.34. The fraction of sp³-hybridized carbons (Fsp3) is 0.625. The third-order valence-electron chi connectivity index (χ3n) is 4.41. The molecule has 0 heterocycles. The van der Waals surface area contributed by atoms with Crippen LogP contribution < -0.4 is 11.3 Å². The Morgan fingerprint density at radius 3 is 2.50 bits per heavy atom. The first-order chi connectivity index (χ1) is 8.76. The predicted molar refractivity (Wildman–Crippen MR) is 77.0 cm³/mol. The second kappa shape index (κ2) is 6.35. The molecule has 0 spiro atoms. The van der Waals surface area contributed by atoms with Gasteiger partial charge < -0.3 is 0 Å². The van der Waals surface area contributed by atoms with Crippen molar-refractivity contribution in [3.05, 3.63) is 35.4 Å². The van der Waals surface area contributed by atoms with Crippen LogP contribution in [0.5, 0.6) is 0 Å². The van der Waals surface area contributed by atoms with E-state index in [1.807, 2.05) is 0 Å². The highest BCUT2D eigenvalue weighted by atomic mass is 15.2. The molecule has 1 fully saturated rings. The Morgan fingerprint density at radius 1 is 1.28 bits per heavy atom. The topological polar surface area (TPSA) is 38.0 Å². The lowest BCUT2D eigenvalue weighted by atomic mass is 9.86. The van der Waals surface area contributed by atoms with Gasteiger partial charge in [0.2, 0.25) is 0 Å². The van der Waals surface area contributed by atoms with Crippen molar-refractivity contribution in [1.29, 1.82) is 0 Å². The summed E-state index contributed by atoms with van der Waals surface area (Å²) in [7, 11) is 0. The molecule has 0 amide bonds. The lowest BCUT2D eigenvalue weighted by Gasteiger charge is -2.26. The third kappa shape index (κ3) is 2.93. The highest BCUT2D eigenvalue weighted by molar-refractivity contribution is 5.26. The molecule has 2 nitrogen and oxygen atoms in total. The maximum absolute atomic E-state index is 5.79. The number of hydrazine groups is 1. The Kier molecular flexibility index (Phi) is 4.79. The van der Waals surface area contributed by atoms with Crippen LogP contribution in [0.25, 0.3) is 0 Å². The fourth-order valence-electron chi connectivity index (χ4n) is 3.32. The largest absolute Gasteiger partial charge is 0.271 e. The van der Waals surface area contributed by atoms with Gasteiger partial charge in [0.05, 0.1) is 0 Å². The van der Waals surface area contributed by atoms with Gasteiger partial charge in [-0.2, -0.15) is 0 Å². The molecular weight excluding hydrogens is 220 g/mol. The minimum absolute atomic E-state index is 0.318.